The number of halogens is 1. The van der Waals surface area contributed by atoms with E-state index in [4.69, 9.17) is 9.47 Å². The van der Waals surface area contributed by atoms with Crippen LogP contribution in [-0.2, 0) is 14.3 Å². The number of amides is 1. The number of benzene rings is 1. The Labute approximate surface area is 191 Å². The van der Waals surface area contributed by atoms with E-state index in [1.807, 2.05) is 0 Å². The second-order valence-electron chi connectivity index (χ2n) is 7.93. The van der Waals surface area contributed by atoms with Gasteiger partial charge < -0.3 is 19.5 Å². The normalized spacial score (nSPS) is 20.9. The van der Waals surface area contributed by atoms with Crippen LogP contribution in [0.1, 0.15) is 23.6 Å². The number of hydrogen-bond donors (Lipinski definition) is 1. The molecule has 1 atom stereocenters. The van der Waals surface area contributed by atoms with Crippen molar-refractivity contribution in [2.45, 2.75) is 12.5 Å². The van der Waals surface area contributed by atoms with E-state index >= 15 is 0 Å². The minimum absolute atomic E-state index is 0.0165. The maximum atomic E-state index is 14.0. The van der Waals surface area contributed by atoms with Gasteiger partial charge in [-0.2, -0.15) is 0 Å². The molecule has 0 spiro atoms. The van der Waals surface area contributed by atoms with Crippen molar-refractivity contribution in [2.24, 2.45) is 0 Å². The number of rotatable bonds is 7. The number of hydrogen-bond acceptors (Lipinski definition) is 7. The summed E-state index contributed by atoms with van der Waals surface area (Å²) < 4.78 is 24.6. The van der Waals surface area contributed by atoms with Gasteiger partial charge in [-0.25, -0.2) is 4.39 Å². The fraction of sp³-hybridized carbons (Fsp3) is 0.375. The minimum atomic E-state index is -0.814. The Balaban J connectivity index is 1.70. The molecule has 0 unspecified atom stereocenters. The van der Waals surface area contributed by atoms with Crippen LogP contribution < -0.4 is 4.74 Å². The number of methoxy groups -OCH3 is 1. The average Bonchev–Trinajstić information content (AvgIpc) is 3.10. The molecule has 1 N–H and O–H groups in total. The topological polar surface area (TPSA) is 92.2 Å². The third-order valence-electron chi connectivity index (χ3n) is 5.96. The Morgan fingerprint density at radius 2 is 1.91 bits per heavy atom. The third kappa shape index (κ3) is 4.74. The predicted molar refractivity (Wildman–Crippen MR) is 118 cm³/mol. The number of nitrogens with zero attached hydrogens (tertiary/aromatic N) is 3. The van der Waals surface area contributed by atoms with Crippen LogP contribution in [0.15, 0.2) is 48.3 Å². The lowest BCUT2D eigenvalue weighted by atomic mass is 9.95. The van der Waals surface area contributed by atoms with Gasteiger partial charge >= 0.3 is 0 Å². The number of aromatic nitrogens is 1. The third-order valence-corrected chi connectivity index (χ3v) is 5.96. The number of aliphatic hydroxyl groups excluding tert-OH is 1. The maximum absolute atomic E-state index is 14.0. The van der Waals surface area contributed by atoms with E-state index in [0.29, 0.717) is 31.7 Å². The summed E-state index contributed by atoms with van der Waals surface area (Å²) in [5.74, 6) is -2.39. The molecule has 174 valence electrons. The quantitative estimate of drug-likeness (QED) is 0.389. The number of Topliss-reactive ketones (excluding diaryl/α,β-unsaturated/α-hetero) is 1. The van der Waals surface area contributed by atoms with Crippen molar-refractivity contribution in [1.29, 1.82) is 0 Å². The summed E-state index contributed by atoms with van der Waals surface area (Å²) in [7, 11) is 1.38. The zero-order chi connectivity index (χ0) is 23.4. The molecule has 0 saturated carbocycles. The van der Waals surface area contributed by atoms with Gasteiger partial charge in [0.2, 0.25) is 0 Å². The highest BCUT2D eigenvalue weighted by Crippen LogP contribution is 2.40. The molecule has 1 aromatic carbocycles. The van der Waals surface area contributed by atoms with Crippen LogP contribution in [-0.4, -0.2) is 78.1 Å². The van der Waals surface area contributed by atoms with Gasteiger partial charge in [0, 0.05) is 38.6 Å². The van der Waals surface area contributed by atoms with Crippen LogP contribution in [0.25, 0.3) is 5.76 Å². The number of likely N-dealkylation sites (tertiary alicyclic amines) is 1. The summed E-state index contributed by atoms with van der Waals surface area (Å²) in [6, 6.07) is 6.22. The molecule has 3 heterocycles. The summed E-state index contributed by atoms with van der Waals surface area (Å²) in [6.07, 6.45) is 3.77. The predicted octanol–water partition coefficient (Wildman–Crippen LogP) is 2.37. The van der Waals surface area contributed by atoms with Crippen molar-refractivity contribution in [3.05, 3.63) is 65.2 Å². The van der Waals surface area contributed by atoms with Crippen molar-refractivity contribution in [2.75, 3.05) is 46.5 Å². The number of ketones is 1. The molecule has 1 aromatic heterocycles. The minimum Gasteiger partial charge on any atom is -0.507 e. The largest absolute Gasteiger partial charge is 0.507 e. The van der Waals surface area contributed by atoms with Crippen molar-refractivity contribution < 1.29 is 28.6 Å². The van der Waals surface area contributed by atoms with E-state index < -0.39 is 29.3 Å². The molecule has 2 aromatic rings. The van der Waals surface area contributed by atoms with Gasteiger partial charge in [-0.15, -0.1) is 0 Å². The summed E-state index contributed by atoms with van der Waals surface area (Å²) in [5, 5.41) is 11.1. The van der Waals surface area contributed by atoms with Crippen LogP contribution in [0.4, 0.5) is 4.39 Å². The number of carbonyl (C=O) groups is 2. The lowest BCUT2D eigenvalue weighted by Crippen LogP contribution is -2.38. The highest BCUT2D eigenvalue weighted by Gasteiger charge is 2.46. The van der Waals surface area contributed by atoms with E-state index in [0.717, 1.165) is 25.7 Å². The molecule has 0 bridgehead atoms. The molecule has 2 aliphatic heterocycles. The first-order valence-electron chi connectivity index (χ1n) is 10.8. The Hall–Kier alpha value is -3.30. The highest BCUT2D eigenvalue weighted by molar-refractivity contribution is 6.46. The van der Waals surface area contributed by atoms with Crippen LogP contribution in [0.3, 0.4) is 0 Å². The van der Waals surface area contributed by atoms with Gasteiger partial charge in [0.05, 0.1) is 37.5 Å². The first kappa shape index (κ1) is 22.9. The summed E-state index contributed by atoms with van der Waals surface area (Å²) in [4.78, 5) is 33.8. The van der Waals surface area contributed by atoms with E-state index in [2.05, 4.69) is 9.88 Å². The molecule has 2 saturated heterocycles. The molecule has 0 aliphatic carbocycles. The molecule has 0 radical (unpaired) electrons. The van der Waals surface area contributed by atoms with Crippen LogP contribution >= 0.6 is 0 Å². The number of carbonyl (C=O) groups excluding carboxylic acids is 2. The van der Waals surface area contributed by atoms with Gasteiger partial charge in [0.1, 0.15) is 17.3 Å². The zero-order valence-corrected chi connectivity index (χ0v) is 18.4. The molecular weight excluding hydrogens is 429 g/mol. The molecule has 2 fully saturated rings. The van der Waals surface area contributed by atoms with Crippen LogP contribution in [0, 0.1) is 5.82 Å². The lowest BCUT2D eigenvalue weighted by Gasteiger charge is -2.29. The van der Waals surface area contributed by atoms with Crippen molar-refractivity contribution in [3.8, 4) is 5.75 Å². The van der Waals surface area contributed by atoms with E-state index in [-0.39, 0.29) is 16.9 Å². The Morgan fingerprint density at radius 3 is 2.61 bits per heavy atom. The molecule has 1 amide bonds. The van der Waals surface area contributed by atoms with Gasteiger partial charge in [-0.05, 0) is 42.3 Å². The molecule has 2 aliphatic rings. The maximum Gasteiger partial charge on any atom is 0.295 e. The first-order chi connectivity index (χ1) is 16.0. The zero-order valence-electron chi connectivity index (χ0n) is 18.4. The van der Waals surface area contributed by atoms with E-state index in [1.165, 1.54) is 24.1 Å². The highest BCUT2D eigenvalue weighted by atomic mass is 19.1. The fourth-order valence-electron chi connectivity index (χ4n) is 4.30. The van der Waals surface area contributed by atoms with Gasteiger partial charge in [-0.3, -0.25) is 19.5 Å². The van der Waals surface area contributed by atoms with Gasteiger partial charge in [-0.1, -0.05) is 0 Å². The van der Waals surface area contributed by atoms with E-state index in [1.54, 1.807) is 24.5 Å². The summed E-state index contributed by atoms with van der Waals surface area (Å²) in [5.41, 5.74) is 0.553. The van der Waals surface area contributed by atoms with Gasteiger partial charge in [0.25, 0.3) is 11.7 Å². The molecular formula is C24H26FN3O5. The second-order valence-corrected chi connectivity index (χ2v) is 7.93. The van der Waals surface area contributed by atoms with Crippen LogP contribution in [0.5, 0.6) is 5.75 Å². The summed E-state index contributed by atoms with van der Waals surface area (Å²) >= 11 is 0. The number of morpholine rings is 1. The molecule has 9 heteroatoms. The Bertz CT molecular complexity index is 1050. The monoisotopic (exact) mass is 455 g/mol. The lowest BCUT2D eigenvalue weighted by molar-refractivity contribution is -0.140. The Morgan fingerprint density at radius 1 is 1.18 bits per heavy atom. The Kier molecular flexibility index (Phi) is 7.00. The standard InChI is InChI=1S/C24H26FN3O5/c1-32-19-4-3-17(25)15-18(19)22(29)20-21(16-5-7-26-8-6-16)28(24(31)23(20)30)10-2-9-27-11-13-33-14-12-27/h3-8,15,21,29H,2,9-14H2,1H3/t21-/m1/s1. The van der Waals surface area contributed by atoms with Crippen LogP contribution in [0.2, 0.25) is 0 Å². The smallest absolute Gasteiger partial charge is 0.295 e. The SMILES string of the molecule is COc1ccc(F)cc1C(O)=C1C(=O)C(=O)N(CCCN2CCOCC2)[C@@H]1c1ccncc1. The molecule has 33 heavy (non-hydrogen) atoms. The van der Waals surface area contributed by atoms with E-state index in [9.17, 15) is 19.1 Å². The molecule has 4 rings (SSSR count). The second kappa shape index (κ2) is 10.1. The number of aliphatic hydroxyl groups is 1. The van der Waals surface area contributed by atoms with Crippen molar-refractivity contribution in [3.63, 3.8) is 0 Å². The number of ether oxygens (including phenoxy) is 2. The number of pyridine rings is 1. The van der Waals surface area contributed by atoms with Gasteiger partial charge in [0.15, 0.2) is 0 Å². The first-order valence-corrected chi connectivity index (χ1v) is 10.8. The molecule has 8 nitrogen and oxygen atoms in total. The van der Waals surface area contributed by atoms with Crippen molar-refractivity contribution in [1.82, 2.24) is 14.8 Å². The average molecular weight is 455 g/mol. The summed E-state index contributed by atoms with van der Waals surface area (Å²) in [6.45, 7) is 4.09. The fourth-order valence-corrected chi connectivity index (χ4v) is 4.30. The van der Waals surface area contributed by atoms with Crippen molar-refractivity contribution >= 4 is 17.4 Å².